The van der Waals surface area contributed by atoms with E-state index in [0.717, 1.165) is 11.5 Å². The summed E-state index contributed by atoms with van der Waals surface area (Å²) in [4.78, 5) is 15.2. The second-order valence-corrected chi connectivity index (χ2v) is 2.34. The van der Waals surface area contributed by atoms with Gasteiger partial charge in [-0.25, -0.2) is 9.63 Å². The number of ether oxygens (including phenoxy) is 1. The fourth-order valence-electron chi connectivity index (χ4n) is 0.671. The van der Waals surface area contributed by atoms with E-state index in [0.29, 0.717) is 6.42 Å². The largest absolute Gasteiger partial charge is 0.463 e. The van der Waals surface area contributed by atoms with Gasteiger partial charge in [0.25, 0.3) is 0 Å². The monoisotopic (exact) mass is 177 g/mol. The first-order valence-corrected chi connectivity index (χ1v) is 3.78. The first kappa shape index (κ1) is 11.2. The molecule has 0 spiro atoms. The average Bonchev–Trinajstić information content (AvgIpc) is 2.03. The molecule has 1 amide bonds. The summed E-state index contributed by atoms with van der Waals surface area (Å²) in [5.41, 5.74) is 0. The molecular weight excluding hydrogens is 162 g/mol. The van der Waals surface area contributed by atoms with Crippen LogP contribution in [0.15, 0.2) is 0 Å². The first-order chi connectivity index (χ1) is 5.61. The number of hydrogen-bond acceptors (Lipinski definition) is 3. The molecule has 0 aromatic carbocycles. The van der Waals surface area contributed by atoms with Crippen molar-refractivity contribution in [2.75, 3.05) is 14.2 Å². The van der Waals surface area contributed by atoms with E-state index in [9.17, 15) is 4.79 Å². The van der Waals surface area contributed by atoms with Crippen LogP contribution in [0.25, 0.3) is 0 Å². The van der Waals surface area contributed by atoms with E-state index < -0.39 is 12.4 Å². The van der Waals surface area contributed by atoms with Crippen molar-refractivity contribution in [1.82, 2.24) is 5.06 Å². The van der Waals surface area contributed by atoms with Crippen LogP contribution in [0.2, 0.25) is 0 Å². The zero-order valence-corrected chi connectivity index (χ0v) is 7.61. The van der Waals surface area contributed by atoms with E-state index in [1.807, 2.05) is 6.92 Å². The second-order valence-electron chi connectivity index (χ2n) is 2.34. The average molecular weight is 177 g/mol. The van der Waals surface area contributed by atoms with Gasteiger partial charge in [-0.2, -0.15) is 5.06 Å². The maximum absolute atomic E-state index is 10.3. The van der Waals surface area contributed by atoms with Crippen molar-refractivity contribution in [3.63, 3.8) is 0 Å². The molecule has 0 aliphatic heterocycles. The minimum Gasteiger partial charge on any atom is -0.463 e. The van der Waals surface area contributed by atoms with E-state index in [1.165, 1.54) is 14.2 Å². The molecule has 1 N–H and O–H groups in total. The van der Waals surface area contributed by atoms with Gasteiger partial charge in [0.2, 0.25) is 0 Å². The van der Waals surface area contributed by atoms with Crippen LogP contribution in [-0.4, -0.2) is 36.7 Å². The lowest BCUT2D eigenvalue weighted by atomic mass is 10.3. The Hall–Kier alpha value is -0.810. The van der Waals surface area contributed by atoms with Gasteiger partial charge >= 0.3 is 6.09 Å². The fraction of sp³-hybridized carbons (Fsp3) is 0.857. The van der Waals surface area contributed by atoms with Gasteiger partial charge in [-0.3, -0.25) is 0 Å². The third kappa shape index (κ3) is 4.15. The summed E-state index contributed by atoms with van der Waals surface area (Å²) in [6.07, 6.45) is -0.0515. The predicted molar refractivity (Wildman–Crippen MR) is 42.6 cm³/mol. The molecule has 0 aromatic heterocycles. The molecule has 5 heteroatoms. The molecule has 0 heterocycles. The van der Waals surface area contributed by atoms with Crippen LogP contribution in [0, 0.1) is 0 Å². The highest BCUT2D eigenvalue weighted by molar-refractivity contribution is 5.62. The standard InChI is InChI=1S/C7H15NO4/c1-4-5-6(11-3)12-8(2)7(9)10/h6H,4-5H2,1-3H3,(H,9,10). The van der Waals surface area contributed by atoms with Crippen LogP contribution in [-0.2, 0) is 9.57 Å². The molecule has 12 heavy (non-hydrogen) atoms. The molecule has 72 valence electrons. The Bertz CT molecular complexity index is 139. The smallest absolute Gasteiger partial charge is 0.431 e. The van der Waals surface area contributed by atoms with Crippen molar-refractivity contribution in [3.05, 3.63) is 0 Å². The molecule has 0 aromatic rings. The Balaban J connectivity index is 3.76. The van der Waals surface area contributed by atoms with Crippen LogP contribution in [0.3, 0.4) is 0 Å². The Morgan fingerprint density at radius 3 is 2.58 bits per heavy atom. The lowest BCUT2D eigenvalue weighted by Crippen LogP contribution is -2.31. The van der Waals surface area contributed by atoms with Crippen LogP contribution in [0.1, 0.15) is 19.8 Å². The quantitative estimate of drug-likeness (QED) is 0.508. The van der Waals surface area contributed by atoms with Gasteiger partial charge in [0.15, 0.2) is 6.29 Å². The zero-order valence-electron chi connectivity index (χ0n) is 7.61. The number of nitrogens with zero attached hydrogens (tertiary/aromatic N) is 1. The Morgan fingerprint density at radius 2 is 2.25 bits per heavy atom. The van der Waals surface area contributed by atoms with Crippen molar-refractivity contribution in [2.45, 2.75) is 26.1 Å². The van der Waals surface area contributed by atoms with Crippen LogP contribution < -0.4 is 0 Å². The number of methoxy groups -OCH3 is 1. The maximum atomic E-state index is 10.3. The molecule has 0 radical (unpaired) electrons. The molecule has 0 saturated carbocycles. The molecule has 0 fully saturated rings. The highest BCUT2D eigenvalue weighted by atomic mass is 16.8. The Labute approximate surface area is 71.8 Å². The zero-order chi connectivity index (χ0) is 9.56. The number of carboxylic acid groups (broad SMARTS) is 1. The van der Waals surface area contributed by atoms with E-state index in [-0.39, 0.29) is 0 Å². The van der Waals surface area contributed by atoms with Gasteiger partial charge in [-0.05, 0) is 0 Å². The minimum atomic E-state index is -1.13. The van der Waals surface area contributed by atoms with Crippen molar-refractivity contribution < 1.29 is 19.5 Å². The van der Waals surface area contributed by atoms with Crippen molar-refractivity contribution in [1.29, 1.82) is 0 Å². The molecule has 1 unspecified atom stereocenters. The molecule has 0 rings (SSSR count). The van der Waals surface area contributed by atoms with E-state index in [2.05, 4.69) is 0 Å². The summed E-state index contributed by atoms with van der Waals surface area (Å²) < 4.78 is 4.88. The number of hydroxylamine groups is 2. The molecule has 0 saturated heterocycles. The molecular formula is C7H15NO4. The van der Waals surface area contributed by atoms with E-state index >= 15 is 0 Å². The lowest BCUT2D eigenvalue weighted by Gasteiger charge is -2.19. The van der Waals surface area contributed by atoms with Gasteiger partial charge in [-0.1, -0.05) is 13.3 Å². The Morgan fingerprint density at radius 1 is 1.67 bits per heavy atom. The SMILES string of the molecule is CCCC(OC)ON(C)C(=O)O. The third-order valence-electron chi connectivity index (χ3n) is 1.33. The highest BCUT2D eigenvalue weighted by Gasteiger charge is 2.13. The van der Waals surface area contributed by atoms with Crippen LogP contribution in [0.4, 0.5) is 4.79 Å². The van der Waals surface area contributed by atoms with Gasteiger partial charge in [0, 0.05) is 20.6 Å². The van der Waals surface area contributed by atoms with Gasteiger partial charge < -0.3 is 9.84 Å². The van der Waals surface area contributed by atoms with Crippen molar-refractivity contribution in [2.24, 2.45) is 0 Å². The van der Waals surface area contributed by atoms with Gasteiger partial charge in [-0.15, -0.1) is 0 Å². The summed E-state index contributed by atoms with van der Waals surface area (Å²) in [7, 11) is 2.81. The number of carbonyl (C=O) groups is 1. The molecule has 1 atom stereocenters. The maximum Gasteiger partial charge on any atom is 0.431 e. The number of hydrogen-bond donors (Lipinski definition) is 1. The van der Waals surface area contributed by atoms with E-state index in [4.69, 9.17) is 14.7 Å². The fourth-order valence-corrected chi connectivity index (χ4v) is 0.671. The van der Waals surface area contributed by atoms with Crippen LogP contribution >= 0.6 is 0 Å². The van der Waals surface area contributed by atoms with Crippen molar-refractivity contribution >= 4 is 6.09 Å². The molecule has 0 bridgehead atoms. The molecule has 0 aliphatic rings. The van der Waals surface area contributed by atoms with Gasteiger partial charge in [0.1, 0.15) is 0 Å². The highest BCUT2D eigenvalue weighted by Crippen LogP contribution is 2.04. The summed E-state index contributed by atoms with van der Waals surface area (Å²) in [6.45, 7) is 1.97. The molecule has 5 nitrogen and oxygen atoms in total. The molecule has 0 aliphatic carbocycles. The summed E-state index contributed by atoms with van der Waals surface area (Å²) in [5, 5.41) is 9.18. The second kappa shape index (κ2) is 5.79. The van der Waals surface area contributed by atoms with E-state index in [1.54, 1.807) is 0 Å². The first-order valence-electron chi connectivity index (χ1n) is 3.78. The normalized spacial score (nSPS) is 12.6. The summed E-state index contributed by atoms with van der Waals surface area (Å²) in [6, 6.07) is 0. The summed E-state index contributed by atoms with van der Waals surface area (Å²) >= 11 is 0. The minimum absolute atomic E-state index is 0.476. The summed E-state index contributed by atoms with van der Waals surface area (Å²) in [5.74, 6) is 0. The number of rotatable bonds is 5. The Kier molecular flexibility index (Phi) is 5.40. The van der Waals surface area contributed by atoms with Crippen LogP contribution in [0.5, 0.6) is 0 Å². The third-order valence-corrected chi connectivity index (χ3v) is 1.33. The lowest BCUT2D eigenvalue weighted by molar-refractivity contribution is -0.244. The topological polar surface area (TPSA) is 59.0 Å². The van der Waals surface area contributed by atoms with Gasteiger partial charge in [0.05, 0.1) is 0 Å². The van der Waals surface area contributed by atoms with Crippen molar-refractivity contribution in [3.8, 4) is 0 Å². The number of amides is 1. The predicted octanol–water partition coefficient (Wildman–Crippen LogP) is 1.30.